The third-order valence-electron chi connectivity index (χ3n) is 4.68. The lowest BCUT2D eigenvalue weighted by atomic mass is 9.89. The molecule has 2 N–H and O–H groups in total. The van der Waals surface area contributed by atoms with Crippen LogP contribution in [0.5, 0.6) is 0 Å². The molecule has 1 spiro atoms. The van der Waals surface area contributed by atoms with Crippen molar-refractivity contribution in [2.75, 3.05) is 13.2 Å². The van der Waals surface area contributed by atoms with Gasteiger partial charge in [0.1, 0.15) is 0 Å². The van der Waals surface area contributed by atoms with Gasteiger partial charge in [-0.15, -0.1) is 0 Å². The fourth-order valence-corrected chi connectivity index (χ4v) is 3.59. The monoisotopic (exact) mass is 298 g/mol. The van der Waals surface area contributed by atoms with E-state index in [1.54, 1.807) is 11.8 Å². The van der Waals surface area contributed by atoms with Gasteiger partial charge in [-0.2, -0.15) is 0 Å². The van der Waals surface area contributed by atoms with Crippen LogP contribution >= 0.6 is 0 Å². The number of aliphatic hydroxyl groups is 1. The number of amides is 2. The van der Waals surface area contributed by atoms with Crippen LogP contribution in [0.1, 0.15) is 59.3 Å². The molecule has 1 saturated heterocycles. The number of rotatable bonds is 4. The van der Waals surface area contributed by atoms with Crippen molar-refractivity contribution in [1.29, 1.82) is 0 Å². The van der Waals surface area contributed by atoms with Crippen molar-refractivity contribution < 1.29 is 14.6 Å². The lowest BCUT2D eigenvalue weighted by Crippen LogP contribution is -2.53. The number of urea groups is 1. The van der Waals surface area contributed by atoms with Crippen LogP contribution in [0.3, 0.4) is 0 Å². The minimum Gasteiger partial charge on any atom is -0.392 e. The summed E-state index contributed by atoms with van der Waals surface area (Å²) in [4.78, 5) is 14.2. The van der Waals surface area contributed by atoms with Crippen LogP contribution < -0.4 is 5.32 Å². The number of carbonyl (C=O) groups excluding carboxylic acids is 1. The standard InChI is InChI=1S/C16H30N2O3/c1-12(2)18(11-13(3)19)15(20)17-14-6-9-21-16(10-14)7-4-5-8-16/h12-14,19H,4-11H2,1-3H3,(H,17,20). The summed E-state index contributed by atoms with van der Waals surface area (Å²) in [6, 6.07) is 0.213. The highest BCUT2D eigenvalue weighted by Gasteiger charge is 2.40. The summed E-state index contributed by atoms with van der Waals surface area (Å²) in [6.07, 6.45) is 6.03. The molecule has 1 aliphatic carbocycles. The molecule has 2 atom stereocenters. The van der Waals surface area contributed by atoms with Crippen molar-refractivity contribution in [2.24, 2.45) is 0 Å². The first-order valence-corrected chi connectivity index (χ1v) is 8.31. The molecular weight excluding hydrogens is 268 g/mol. The highest BCUT2D eigenvalue weighted by molar-refractivity contribution is 5.74. The smallest absolute Gasteiger partial charge is 0.317 e. The van der Waals surface area contributed by atoms with Crippen LogP contribution in [0.2, 0.25) is 0 Å². The van der Waals surface area contributed by atoms with E-state index in [0.717, 1.165) is 32.3 Å². The van der Waals surface area contributed by atoms with E-state index in [9.17, 15) is 9.90 Å². The summed E-state index contributed by atoms with van der Waals surface area (Å²) >= 11 is 0. The summed E-state index contributed by atoms with van der Waals surface area (Å²) in [6.45, 7) is 6.78. The Balaban J connectivity index is 1.91. The maximum atomic E-state index is 12.5. The lowest BCUT2D eigenvalue weighted by Gasteiger charge is -2.39. The lowest BCUT2D eigenvalue weighted by molar-refractivity contribution is -0.0825. The van der Waals surface area contributed by atoms with Crippen LogP contribution in [0, 0.1) is 0 Å². The van der Waals surface area contributed by atoms with Crippen LogP contribution in [0.15, 0.2) is 0 Å². The van der Waals surface area contributed by atoms with E-state index in [2.05, 4.69) is 5.32 Å². The minimum atomic E-state index is -0.506. The SMILES string of the molecule is CC(O)CN(C(=O)NC1CCOC2(CCCC2)C1)C(C)C. The molecule has 0 radical (unpaired) electrons. The van der Waals surface area contributed by atoms with Crippen molar-refractivity contribution >= 4 is 6.03 Å². The molecular formula is C16H30N2O3. The first-order chi connectivity index (χ1) is 9.92. The van der Waals surface area contributed by atoms with Gasteiger partial charge in [-0.1, -0.05) is 12.8 Å². The summed E-state index contributed by atoms with van der Waals surface area (Å²) in [5, 5.41) is 12.7. The van der Waals surface area contributed by atoms with Crippen LogP contribution in [-0.4, -0.2) is 53.0 Å². The molecule has 0 aromatic rings. The molecule has 0 bridgehead atoms. The summed E-state index contributed by atoms with van der Waals surface area (Å²) < 4.78 is 6.01. The van der Waals surface area contributed by atoms with Gasteiger partial charge in [-0.25, -0.2) is 4.79 Å². The summed E-state index contributed by atoms with van der Waals surface area (Å²) in [7, 11) is 0. The van der Waals surface area contributed by atoms with E-state index in [1.165, 1.54) is 12.8 Å². The maximum absolute atomic E-state index is 12.5. The third kappa shape index (κ3) is 4.33. The van der Waals surface area contributed by atoms with E-state index < -0.39 is 6.10 Å². The molecule has 5 nitrogen and oxygen atoms in total. The average molecular weight is 298 g/mol. The Morgan fingerprint density at radius 3 is 2.62 bits per heavy atom. The average Bonchev–Trinajstić information content (AvgIpc) is 2.83. The quantitative estimate of drug-likeness (QED) is 0.837. The number of aliphatic hydroxyl groups excluding tert-OH is 1. The minimum absolute atomic E-state index is 0.0170. The van der Waals surface area contributed by atoms with E-state index in [1.807, 2.05) is 13.8 Å². The van der Waals surface area contributed by atoms with Crippen LogP contribution in [0.4, 0.5) is 4.79 Å². The topological polar surface area (TPSA) is 61.8 Å². The van der Waals surface area contributed by atoms with Gasteiger partial charge in [0.05, 0.1) is 11.7 Å². The zero-order valence-electron chi connectivity index (χ0n) is 13.6. The number of carbonyl (C=O) groups is 1. The van der Waals surface area contributed by atoms with Gasteiger partial charge in [0.2, 0.25) is 0 Å². The van der Waals surface area contributed by atoms with Crippen LogP contribution in [0.25, 0.3) is 0 Å². The Morgan fingerprint density at radius 2 is 2.05 bits per heavy atom. The Labute approximate surface area is 128 Å². The molecule has 1 heterocycles. The maximum Gasteiger partial charge on any atom is 0.317 e. The van der Waals surface area contributed by atoms with E-state index in [0.29, 0.717) is 6.54 Å². The largest absolute Gasteiger partial charge is 0.392 e. The van der Waals surface area contributed by atoms with Crippen molar-refractivity contribution in [3.63, 3.8) is 0 Å². The third-order valence-corrected chi connectivity index (χ3v) is 4.68. The molecule has 1 saturated carbocycles. The molecule has 5 heteroatoms. The first-order valence-electron chi connectivity index (χ1n) is 8.31. The molecule has 21 heavy (non-hydrogen) atoms. The second-order valence-corrected chi connectivity index (χ2v) is 6.97. The van der Waals surface area contributed by atoms with Crippen molar-refractivity contribution in [3.8, 4) is 0 Å². The van der Waals surface area contributed by atoms with Gasteiger partial charge in [0.25, 0.3) is 0 Å². The van der Waals surface area contributed by atoms with Gasteiger partial charge in [-0.3, -0.25) is 0 Å². The molecule has 2 amide bonds. The highest BCUT2D eigenvalue weighted by atomic mass is 16.5. The fraction of sp³-hybridized carbons (Fsp3) is 0.938. The normalized spacial score (nSPS) is 26.0. The zero-order chi connectivity index (χ0) is 15.5. The predicted octanol–water partition coefficient (Wildman–Crippen LogP) is 2.28. The van der Waals surface area contributed by atoms with Gasteiger partial charge in [0.15, 0.2) is 0 Å². The Bertz CT molecular complexity index is 351. The summed E-state index contributed by atoms with van der Waals surface area (Å²) in [5.74, 6) is 0. The van der Waals surface area contributed by atoms with E-state index in [4.69, 9.17) is 4.74 Å². The van der Waals surface area contributed by atoms with Crippen molar-refractivity contribution in [1.82, 2.24) is 10.2 Å². The molecule has 1 aliphatic heterocycles. The van der Waals surface area contributed by atoms with Gasteiger partial charge < -0.3 is 20.1 Å². The Morgan fingerprint density at radius 1 is 1.38 bits per heavy atom. The molecule has 2 fully saturated rings. The fourth-order valence-electron chi connectivity index (χ4n) is 3.59. The molecule has 2 aliphatic rings. The molecule has 0 aromatic carbocycles. The zero-order valence-corrected chi connectivity index (χ0v) is 13.6. The number of hydrogen-bond acceptors (Lipinski definition) is 3. The molecule has 2 unspecified atom stereocenters. The van der Waals surface area contributed by atoms with Crippen LogP contribution in [-0.2, 0) is 4.74 Å². The van der Waals surface area contributed by atoms with E-state index in [-0.39, 0.29) is 23.7 Å². The highest BCUT2D eigenvalue weighted by Crippen LogP contribution is 2.39. The van der Waals surface area contributed by atoms with E-state index >= 15 is 0 Å². The van der Waals surface area contributed by atoms with Crippen molar-refractivity contribution in [2.45, 2.75) is 83.1 Å². The number of ether oxygens (including phenoxy) is 1. The second kappa shape index (κ2) is 6.97. The number of nitrogens with one attached hydrogen (secondary N) is 1. The van der Waals surface area contributed by atoms with Gasteiger partial charge >= 0.3 is 6.03 Å². The second-order valence-electron chi connectivity index (χ2n) is 6.97. The van der Waals surface area contributed by atoms with Crippen molar-refractivity contribution in [3.05, 3.63) is 0 Å². The predicted molar refractivity (Wildman–Crippen MR) is 82.2 cm³/mol. The first kappa shape index (κ1) is 16.6. The number of hydrogen-bond donors (Lipinski definition) is 2. The Hall–Kier alpha value is -0.810. The van der Waals surface area contributed by atoms with Gasteiger partial charge in [-0.05, 0) is 46.5 Å². The molecule has 0 aromatic heterocycles. The van der Waals surface area contributed by atoms with Gasteiger partial charge in [0, 0.05) is 25.2 Å². The molecule has 122 valence electrons. The number of nitrogens with zero attached hydrogens (tertiary/aromatic N) is 1. The Kier molecular flexibility index (Phi) is 5.49. The summed E-state index contributed by atoms with van der Waals surface area (Å²) in [5.41, 5.74) is 0.0170. The molecule has 2 rings (SSSR count).